The Kier molecular flexibility index (Phi) is 7.01. The van der Waals surface area contributed by atoms with Gasteiger partial charge in [0.1, 0.15) is 23.6 Å². The summed E-state index contributed by atoms with van der Waals surface area (Å²) in [5, 5.41) is 10.6. The molecule has 1 fully saturated rings. The first kappa shape index (κ1) is 22.8. The molecule has 1 amide bonds. The van der Waals surface area contributed by atoms with Gasteiger partial charge in [-0.1, -0.05) is 36.4 Å². The van der Waals surface area contributed by atoms with E-state index in [0.717, 1.165) is 18.4 Å². The molecule has 1 saturated heterocycles. The molecular formula is C25H31NO5. The number of amides is 1. The minimum Gasteiger partial charge on any atom is -0.490 e. The van der Waals surface area contributed by atoms with Crippen LogP contribution in [0.4, 0.5) is 4.79 Å². The highest BCUT2D eigenvalue weighted by atomic mass is 16.6. The molecule has 3 rings (SSSR count). The fraction of sp³-hybridized carbons (Fsp3) is 0.440. The lowest BCUT2D eigenvalue weighted by atomic mass is 9.96. The Morgan fingerprint density at radius 1 is 1.06 bits per heavy atom. The standard InChI is InChI=1S/C25H31NO5/c1-17-16-20(10-11-21(17)23(28)22(27)18-8-6-5-7-9-18)30-19-12-14-26(15-13-19)24(29)31-25(2,3)4/h5-11,16,19,23,28H,12-15H2,1-4H3. The van der Waals surface area contributed by atoms with Crippen LogP contribution >= 0.6 is 0 Å². The Hall–Kier alpha value is -2.86. The zero-order valence-electron chi connectivity index (χ0n) is 18.6. The van der Waals surface area contributed by atoms with Crippen LogP contribution in [0.15, 0.2) is 48.5 Å². The van der Waals surface area contributed by atoms with Crippen molar-refractivity contribution in [3.05, 3.63) is 65.2 Å². The van der Waals surface area contributed by atoms with Crippen LogP contribution in [0.25, 0.3) is 0 Å². The summed E-state index contributed by atoms with van der Waals surface area (Å²) in [7, 11) is 0. The molecule has 0 radical (unpaired) electrons. The van der Waals surface area contributed by atoms with Crippen LogP contribution in [0.2, 0.25) is 0 Å². The van der Waals surface area contributed by atoms with E-state index in [2.05, 4.69) is 0 Å². The summed E-state index contributed by atoms with van der Waals surface area (Å²) in [6.07, 6.45) is -0.0684. The second kappa shape index (κ2) is 9.52. The lowest BCUT2D eigenvalue weighted by molar-refractivity contribution is 0.0126. The third-order valence-electron chi connectivity index (χ3n) is 5.24. The zero-order chi connectivity index (χ0) is 22.6. The molecule has 6 heteroatoms. The maximum atomic E-state index is 12.5. The van der Waals surface area contributed by atoms with E-state index in [9.17, 15) is 14.7 Å². The van der Waals surface area contributed by atoms with E-state index in [1.54, 1.807) is 41.3 Å². The number of ketones is 1. The topological polar surface area (TPSA) is 76.1 Å². The average Bonchev–Trinajstić information content (AvgIpc) is 2.73. The number of aryl methyl sites for hydroxylation is 1. The minimum absolute atomic E-state index is 0.000175. The van der Waals surface area contributed by atoms with Gasteiger partial charge in [0.05, 0.1) is 0 Å². The van der Waals surface area contributed by atoms with Crippen molar-refractivity contribution in [2.45, 2.75) is 58.3 Å². The van der Waals surface area contributed by atoms with Crippen molar-refractivity contribution in [2.24, 2.45) is 0 Å². The lowest BCUT2D eigenvalue weighted by Crippen LogP contribution is -2.44. The van der Waals surface area contributed by atoms with Gasteiger partial charge in [-0.25, -0.2) is 4.79 Å². The molecule has 2 aromatic rings. The molecule has 31 heavy (non-hydrogen) atoms. The Morgan fingerprint density at radius 2 is 1.71 bits per heavy atom. The van der Waals surface area contributed by atoms with Gasteiger partial charge in [0.15, 0.2) is 5.78 Å². The van der Waals surface area contributed by atoms with Crippen LogP contribution in [-0.4, -0.2) is 46.7 Å². The highest BCUT2D eigenvalue weighted by Crippen LogP contribution is 2.27. The third kappa shape index (κ3) is 6.07. The van der Waals surface area contributed by atoms with Gasteiger partial charge in [0.25, 0.3) is 0 Å². The normalized spacial score (nSPS) is 16.0. The maximum absolute atomic E-state index is 12.5. The van der Waals surface area contributed by atoms with Gasteiger partial charge >= 0.3 is 6.09 Å². The van der Waals surface area contributed by atoms with Gasteiger partial charge in [0, 0.05) is 31.5 Å². The summed E-state index contributed by atoms with van der Waals surface area (Å²) in [6, 6.07) is 14.1. The summed E-state index contributed by atoms with van der Waals surface area (Å²) in [5.41, 5.74) is 1.34. The van der Waals surface area contributed by atoms with Crippen molar-refractivity contribution in [2.75, 3.05) is 13.1 Å². The highest BCUT2D eigenvalue weighted by Gasteiger charge is 2.28. The largest absolute Gasteiger partial charge is 0.490 e. The number of ether oxygens (including phenoxy) is 2. The molecule has 2 aromatic carbocycles. The molecule has 0 aromatic heterocycles. The monoisotopic (exact) mass is 425 g/mol. The molecule has 1 unspecified atom stereocenters. The number of carbonyl (C=O) groups is 2. The van der Waals surface area contributed by atoms with Crippen molar-refractivity contribution in [1.29, 1.82) is 0 Å². The fourth-order valence-corrected chi connectivity index (χ4v) is 3.60. The summed E-state index contributed by atoms with van der Waals surface area (Å²) in [5.74, 6) is 0.364. The van der Waals surface area contributed by atoms with E-state index in [4.69, 9.17) is 9.47 Å². The number of likely N-dealkylation sites (tertiary alicyclic amines) is 1. The lowest BCUT2D eigenvalue weighted by Gasteiger charge is -2.33. The van der Waals surface area contributed by atoms with E-state index in [-0.39, 0.29) is 18.0 Å². The molecule has 166 valence electrons. The number of Topliss-reactive ketones (excluding diaryl/α,β-unsaturated/α-hetero) is 1. The molecule has 6 nitrogen and oxygen atoms in total. The van der Waals surface area contributed by atoms with Crippen LogP contribution in [0.5, 0.6) is 5.75 Å². The van der Waals surface area contributed by atoms with E-state index in [1.165, 1.54) is 0 Å². The molecule has 0 aliphatic carbocycles. The van der Waals surface area contributed by atoms with Crippen molar-refractivity contribution in [3.8, 4) is 5.75 Å². The molecule has 0 saturated carbocycles. The van der Waals surface area contributed by atoms with Crippen LogP contribution in [0, 0.1) is 6.92 Å². The van der Waals surface area contributed by atoms with Crippen LogP contribution in [-0.2, 0) is 4.74 Å². The minimum atomic E-state index is -1.21. The number of aliphatic hydroxyl groups is 1. The summed E-state index contributed by atoms with van der Waals surface area (Å²) in [4.78, 5) is 26.5. The quantitative estimate of drug-likeness (QED) is 0.704. The summed E-state index contributed by atoms with van der Waals surface area (Å²) < 4.78 is 11.5. The Morgan fingerprint density at radius 3 is 2.29 bits per heavy atom. The predicted octanol–water partition coefficient (Wildman–Crippen LogP) is 4.69. The number of aliphatic hydroxyl groups excluding tert-OH is 1. The second-order valence-electron chi connectivity index (χ2n) is 8.94. The molecule has 1 heterocycles. The first-order chi connectivity index (χ1) is 14.6. The van der Waals surface area contributed by atoms with E-state index in [1.807, 2.05) is 39.8 Å². The number of hydrogen-bond donors (Lipinski definition) is 1. The molecule has 0 bridgehead atoms. The maximum Gasteiger partial charge on any atom is 0.410 e. The summed E-state index contributed by atoms with van der Waals surface area (Å²) in [6.45, 7) is 8.60. The third-order valence-corrected chi connectivity index (χ3v) is 5.24. The molecule has 1 aliphatic rings. The molecule has 0 spiro atoms. The first-order valence-corrected chi connectivity index (χ1v) is 10.7. The second-order valence-corrected chi connectivity index (χ2v) is 8.94. The van der Waals surface area contributed by atoms with Crippen molar-refractivity contribution < 1.29 is 24.2 Å². The average molecular weight is 426 g/mol. The van der Waals surface area contributed by atoms with Gasteiger partial charge in [-0.15, -0.1) is 0 Å². The summed E-state index contributed by atoms with van der Waals surface area (Å²) >= 11 is 0. The van der Waals surface area contributed by atoms with Crippen LogP contribution in [0.3, 0.4) is 0 Å². The number of piperidine rings is 1. The molecule has 1 aliphatic heterocycles. The van der Waals surface area contributed by atoms with Gasteiger partial charge in [-0.3, -0.25) is 4.79 Å². The first-order valence-electron chi connectivity index (χ1n) is 10.7. The smallest absolute Gasteiger partial charge is 0.410 e. The molecule has 1 N–H and O–H groups in total. The molecular weight excluding hydrogens is 394 g/mol. The van der Waals surface area contributed by atoms with Crippen LogP contribution in [0.1, 0.15) is 61.2 Å². The van der Waals surface area contributed by atoms with Crippen molar-refractivity contribution in [3.63, 3.8) is 0 Å². The van der Waals surface area contributed by atoms with E-state index >= 15 is 0 Å². The zero-order valence-corrected chi connectivity index (χ0v) is 18.6. The Labute approximate surface area is 183 Å². The van der Waals surface area contributed by atoms with Crippen molar-refractivity contribution >= 4 is 11.9 Å². The Balaban J connectivity index is 1.58. The number of rotatable bonds is 5. The van der Waals surface area contributed by atoms with Gasteiger partial charge in [-0.2, -0.15) is 0 Å². The van der Waals surface area contributed by atoms with Crippen LogP contribution < -0.4 is 4.74 Å². The fourth-order valence-electron chi connectivity index (χ4n) is 3.60. The number of benzene rings is 2. The highest BCUT2D eigenvalue weighted by molar-refractivity contribution is 6.00. The van der Waals surface area contributed by atoms with Gasteiger partial charge in [0.2, 0.25) is 0 Å². The van der Waals surface area contributed by atoms with Crippen molar-refractivity contribution in [1.82, 2.24) is 4.90 Å². The van der Waals surface area contributed by atoms with Gasteiger partial charge in [-0.05, 0) is 51.0 Å². The Bertz CT molecular complexity index is 911. The SMILES string of the molecule is Cc1cc(OC2CCN(C(=O)OC(C)(C)C)CC2)ccc1C(O)C(=O)c1ccccc1. The predicted molar refractivity (Wildman–Crippen MR) is 118 cm³/mol. The van der Waals surface area contributed by atoms with Gasteiger partial charge < -0.3 is 19.5 Å². The number of hydrogen-bond acceptors (Lipinski definition) is 5. The molecule has 1 atom stereocenters. The number of nitrogens with zero attached hydrogens (tertiary/aromatic N) is 1. The van der Waals surface area contributed by atoms with E-state index < -0.39 is 11.7 Å². The van der Waals surface area contributed by atoms with E-state index in [0.29, 0.717) is 30.0 Å². The number of carbonyl (C=O) groups excluding carboxylic acids is 2.